The lowest BCUT2D eigenvalue weighted by molar-refractivity contribution is -0.0499. The summed E-state index contributed by atoms with van der Waals surface area (Å²) in [5, 5.41) is 0. The number of rotatable bonds is 2. The lowest BCUT2D eigenvalue weighted by atomic mass is 9.97. The summed E-state index contributed by atoms with van der Waals surface area (Å²) >= 11 is 3.78. The average Bonchev–Trinajstić information content (AvgIpc) is 2.96. The van der Waals surface area contributed by atoms with Crippen molar-refractivity contribution in [1.82, 2.24) is 4.90 Å². The third-order valence-electron chi connectivity index (χ3n) is 5.20. The van der Waals surface area contributed by atoms with Gasteiger partial charge in [-0.25, -0.2) is 0 Å². The molecule has 3 rings (SSSR count). The van der Waals surface area contributed by atoms with Crippen LogP contribution in [0.25, 0.3) is 0 Å². The van der Waals surface area contributed by atoms with E-state index in [1.165, 1.54) is 64.6 Å². The predicted octanol–water partition coefficient (Wildman–Crippen LogP) is 3.58. The van der Waals surface area contributed by atoms with Crippen LogP contribution in [0.2, 0.25) is 0 Å². The van der Waals surface area contributed by atoms with Gasteiger partial charge in [-0.05, 0) is 44.6 Å². The molecule has 0 amide bonds. The molecular formula is C15H26BrNO. The molecule has 3 aliphatic rings. The van der Waals surface area contributed by atoms with Gasteiger partial charge in [-0.15, -0.1) is 0 Å². The van der Waals surface area contributed by atoms with Gasteiger partial charge in [0.2, 0.25) is 0 Å². The molecule has 1 aliphatic carbocycles. The lowest BCUT2D eigenvalue weighted by Crippen LogP contribution is -2.43. The van der Waals surface area contributed by atoms with E-state index in [1.807, 2.05) is 0 Å². The second-order valence-corrected chi connectivity index (χ2v) is 7.89. The maximum Gasteiger partial charge on any atom is 0.0710 e. The molecule has 2 aliphatic heterocycles. The third-order valence-corrected chi connectivity index (χ3v) is 6.56. The third kappa shape index (κ3) is 2.78. The Labute approximate surface area is 120 Å². The summed E-state index contributed by atoms with van der Waals surface area (Å²) in [6, 6.07) is 0. The van der Waals surface area contributed by atoms with E-state index in [0.29, 0.717) is 11.7 Å². The van der Waals surface area contributed by atoms with Gasteiger partial charge in [0.05, 0.1) is 11.7 Å². The van der Waals surface area contributed by atoms with Gasteiger partial charge in [-0.2, -0.15) is 0 Å². The molecule has 104 valence electrons. The van der Waals surface area contributed by atoms with Crippen molar-refractivity contribution >= 4 is 15.9 Å². The highest BCUT2D eigenvalue weighted by Gasteiger charge is 2.42. The van der Waals surface area contributed by atoms with E-state index in [9.17, 15) is 0 Å². The normalized spacial score (nSPS) is 40.7. The van der Waals surface area contributed by atoms with Gasteiger partial charge in [0, 0.05) is 17.9 Å². The minimum Gasteiger partial charge on any atom is -0.370 e. The van der Waals surface area contributed by atoms with Crippen molar-refractivity contribution in [3.8, 4) is 0 Å². The van der Waals surface area contributed by atoms with Gasteiger partial charge in [-0.3, -0.25) is 0 Å². The van der Waals surface area contributed by atoms with Crippen LogP contribution in [0.15, 0.2) is 0 Å². The Morgan fingerprint density at radius 2 is 2.00 bits per heavy atom. The van der Waals surface area contributed by atoms with E-state index in [0.717, 1.165) is 10.7 Å². The summed E-state index contributed by atoms with van der Waals surface area (Å²) < 4.78 is 6.42. The van der Waals surface area contributed by atoms with Crippen LogP contribution in [-0.4, -0.2) is 41.1 Å². The predicted molar refractivity (Wildman–Crippen MR) is 78.2 cm³/mol. The number of alkyl halides is 1. The van der Waals surface area contributed by atoms with Crippen LogP contribution in [-0.2, 0) is 4.74 Å². The highest BCUT2D eigenvalue weighted by molar-refractivity contribution is 9.09. The first-order valence-corrected chi connectivity index (χ1v) is 8.63. The first-order valence-electron chi connectivity index (χ1n) is 7.71. The number of ether oxygens (including phenoxy) is 1. The minimum atomic E-state index is 0.310. The molecule has 3 atom stereocenters. The molecule has 0 N–H and O–H groups in total. The second-order valence-electron chi connectivity index (χ2n) is 6.71. The maximum absolute atomic E-state index is 6.42. The zero-order valence-electron chi connectivity index (χ0n) is 11.5. The van der Waals surface area contributed by atoms with E-state index < -0.39 is 0 Å². The van der Waals surface area contributed by atoms with E-state index in [1.54, 1.807) is 0 Å². The Balaban J connectivity index is 1.49. The smallest absolute Gasteiger partial charge is 0.0710 e. The maximum atomic E-state index is 6.42. The Bertz CT molecular complexity index is 290. The van der Waals surface area contributed by atoms with Crippen molar-refractivity contribution in [2.75, 3.05) is 19.6 Å². The molecule has 1 spiro atoms. The molecular weight excluding hydrogens is 290 g/mol. The van der Waals surface area contributed by atoms with Crippen LogP contribution in [0.4, 0.5) is 0 Å². The molecule has 3 fully saturated rings. The van der Waals surface area contributed by atoms with Gasteiger partial charge in [0.1, 0.15) is 0 Å². The molecule has 0 aromatic heterocycles. The molecule has 0 aromatic rings. The lowest BCUT2D eigenvalue weighted by Gasteiger charge is -2.36. The first kappa shape index (κ1) is 13.4. The van der Waals surface area contributed by atoms with Gasteiger partial charge in [0.25, 0.3) is 0 Å². The van der Waals surface area contributed by atoms with Crippen LogP contribution in [0.5, 0.6) is 0 Å². The van der Waals surface area contributed by atoms with E-state index in [-0.39, 0.29) is 0 Å². The van der Waals surface area contributed by atoms with Crippen LogP contribution in [0.1, 0.15) is 51.9 Å². The number of hydrogen-bond acceptors (Lipinski definition) is 2. The molecule has 2 saturated heterocycles. The monoisotopic (exact) mass is 315 g/mol. The van der Waals surface area contributed by atoms with Gasteiger partial charge in [0.15, 0.2) is 0 Å². The summed E-state index contributed by atoms with van der Waals surface area (Å²) in [7, 11) is 0. The first-order chi connectivity index (χ1) is 8.67. The number of piperidine rings is 1. The molecule has 0 radical (unpaired) electrons. The second kappa shape index (κ2) is 5.41. The summed E-state index contributed by atoms with van der Waals surface area (Å²) in [5.41, 5.74) is 0.310. The van der Waals surface area contributed by atoms with E-state index >= 15 is 0 Å². The van der Waals surface area contributed by atoms with Crippen molar-refractivity contribution in [1.29, 1.82) is 0 Å². The SMILES string of the molecule is CC1CN(CC2CCC3(CCCC3)O2)CCC1Br. The molecule has 0 bridgehead atoms. The molecule has 3 unspecified atom stereocenters. The summed E-state index contributed by atoms with van der Waals surface area (Å²) in [4.78, 5) is 3.35. The van der Waals surface area contributed by atoms with Crippen LogP contribution < -0.4 is 0 Å². The Hall–Kier alpha value is 0.400. The van der Waals surface area contributed by atoms with Crippen LogP contribution in [0.3, 0.4) is 0 Å². The zero-order chi connectivity index (χ0) is 12.6. The highest BCUT2D eigenvalue weighted by Crippen LogP contribution is 2.43. The Morgan fingerprint density at radius 1 is 1.22 bits per heavy atom. The minimum absolute atomic E-state index is 0.310. The average molecular weight is 316 g/mol. The number of likely N-dealkylation sites (tertiary alicyclic amines) is 1. The molecule has 0 aromatic carbocycles. The van der Waals surface area contributed by atoms with Crippen molar-refractivity contribution in [3.63, 3.8) is 0 Å². The molecule has 2 heterocycles. The summed E-state index contributed by atoms with van der Waals surface area (Å²) in [6.45, 7) is 6.02. The topological polar surface area (TPSA) is 12.5 Å². The molecule has 3 heteroatoms. The van der Waals surface area contributed by atoms with Gasteiger partial charge in [-0.1, -0.05) is 35.7 Å². The Morgan fingerprint density at radius 3 is 2.72 bits per heavy atom. The molecule has 2 nitrogen and oxygen atoms in total. The summed E-state index contributed by atoms with van der Waals surface area (Å²) in [6.07, 6.45) is 9.84. The zero-order valence-corrected chi connectivity index (χ0v) is 13.1. The van der Waals surface area contributed by atoms with Crippen molar-refractivity contribution in [2.45, 2.75) is 68.4 Å². The van der Waals surface area contributed by atoms with Crippen LogP contribution >= 0.6 is 15.9 Å². The van der Waals surface area contributed by atoms with Crippen molar-refractivity contribution in [2.24, 2.45) is 5.92 Å². The van der Waals surface area contributed by atoms with Crippen molar-refractivity contribution < 1.29 is 4.74 Å². The fourth-order valence-electron chi connectivity index (χ4n) is 4.07. The van der Waals surface area contributed by atoms with E-state index in [4.69, 9.17) is 4.74 Å². The fraction of sp³-hybridized carbons (Fsp3) is 1.00. The van der Waals surface area contributed by atoms with E-state index in [2.05, 4.69) is 27.8 Å². The summed E-state index contributed by atoms with van der Waals surface area (Å²) in [5.74, 6) is 0.778. The fourth-order valence-corrected chi connectivity index (χ4v) is 4.44. The Kier molecular flexibility index (Phi) is 4.03. The number of halogens is 1. The number of nitrogens with zero attached hydrogens (tertiary/aromatic N) is 1. The molecule has 1 saturated carbocycles. The van der Waals surface area contributed by atoms with Crippen molar-refractivity contribution in [3.05, 3.63) is 0 Å². The van der Waals surface area contributed by atoms with Gasteiger partial charge >= 0.3 is 0 Å². The standard InChI is InChI=1S/C15H26BrNO/c1-12-10-17(9-5-14(12)16)11-13-4-8-15(18-13)6-2-3-7-15/h12-14H,2-11H2,1H3. The van der Waals surface area contributed by atoms with Gasteiger partial charge < -0.3 is 9.64 Å². The quantitative estimate of drug-likeness (QED) is 0.722. The number of hydrogen-bond donors (Lipinski definition) is 0. The highest BCUT2D eigenvalue weighted by atomic mass is 79.9. The largest absolute Gasteiger partial charge is 0.370 e. The van der Waals surface area contributed by atoms with Crippen LogP contribution in [0, 0.1) is 5.92 Å². The molecule has 18 heavy (non-hydrogen) atoms.